The van der Waals surface area contributed by atoms with E-state index >= 15 is 0 Å². The lowest BCUT2D eigenvalue weighted by molar-refractivity contribution is -0.135. The molecule has 0 spiro atoms. The van der Waals surface area contributed by atoms with Gasteiger partial charge in [-0.2, -0.15) is 10.2 Å². The van der Waals surface area contributed by atoms with Crippen LogP contribution in [0, 0.1) is 40.9 Å². The molecule has 3 N–H and O–H groups in total. The molecule has 1 aromatic rings. The first-order chi connectivity index (χ1) is 16.3. The van der Waals surface area contributed by atoms with Gasteiger partial charge < -0.3 is 15.6 Å². The lowest BCUT2D eigenvalue weighted by Crippen LogP contribution is -2.52. The molecule has 34 heavy (non-hydrogen) atoms. The number of aliphatic hydroxyl groups is 1. The van der Waals surface area contributed by atoms with Crippen molar-refractivity contribution in [3.63, 3.8) is 0 Å². The third-order valence-corrected chi connectivity index (χ3v) is 10.2. The maximum absolute atomic E-state index is 13.3. The summed E-state index contributed by atoms with van der Waals surface area (Å²) in [6.07, 6.45) is 9.89. The fraction of sp³-hybridized carbons (Fsp3) is 0.750. The summed E-state index contributed by atoms with van der Waals surface area (Å²) in [7, 11) is 1.69. The van der Waals surface area contributed by atoms with E-state index in [0.717, 1.165) is 49.9 Å². The van der Waals surface area contributed by atoms with Crippen LogP contribution in [-0.2, 0) is 9.53 Å². The highest BCUT2D eigenvalue weighted by atomic mass is 16.5. The zero-order chi connectivity index (χ0) is 23.9. The summed E-state index contributed by atoms with van der Waals surface area (Å²) in [6.45, 7) is 3.00. The number of ketones is 1. The average Bonchev–Trinajstić information content (AvgIpc) is 3.17. The van der Waals surface area contributed by atoms with E-state index in [4.69, 9.17) is 10.5 Å². The first-order valence-corrected chi connectivity index (χ1v) is 13.3. The van der Waals surface area contributed by atoms with Gasteiger partial charge in [-0.3, -0.25) is 4.79 Å². The number of anilines is 1. The number of methoxy groups -OCH3 is 1. The number of carbonyl (C=O) groups is 1. The van der Waals surface area contributed by atoms with Crippen LogP contribution in [-0.4, -0.2) is 36.8 Å². The Morgan fingerprint density at radius 1 is 1.09 bits per heavy atom. The molecule has 6 nitrogen and oxygen atoms in total. The lowest BCUT2D eigenvalue weighted by atomic mass is 9.49. The molecule has 8 atom stereocenters. The van der Waals surface area contributed by atoms with E-state index in [0.29, 0.717) is 29.8 Å². The van der Waals surface area contributed by atoms with Gasteiger partial charge >= 0.3 is 0 Å². The van der Waals surface area contributed by atoms with Crippen LogP contribution < -0.4 is 5.73 Å². The number of nitrogens with two attached hydrogens (primary N) is 1. The summed E-state index contributed by atoms with van der Waals surface area (Å²) in [5, 5.41) is 19.4. The second-order valence-electron chi connectivity index (χ2n) is 11.9. The number of hydrogen-bond acceptors (Lipinski definition) is 6. The highest BCUT2D eigenvalue weighted by molar-refractivity contribution is 5.84. The van der Waals surface area contributed by atoms with Crippen LogP contribution in [0.1, 0.15) is 64.7 Å². The van der Waals surface area contributed by atoms with Crippen LogP contribution in [0.4, 0.5) is 11.4 Å². The summed E-state index contributed by atoms with van der Waals surface area (Å²) in [6, 6.07) is 7.38. The summed E-state index contributed by atoms with van der Waals surface area (Å²) in [4.78, 5) is 13.3. The Labute approximate surface area is 203 Å². The van der Waals surface area contributed by atoms with Crippen LogP contribution in [0.2, 0.25) is 0 Å². The van der Waals surface area contributed by atoms with E-state index in [9.17, 15) is 9.90 Å². The number of ether oxygens (including phenoxy) is 1. The minimum absolute atomic E-state index is 0.0951. The number of fused-ring (bicyclic) bond motifs is 5. The van der Waals surface area contributed by atoms with Crippen molar-refractivity contribution in [2.45, 2.75) is 70.3 Å². The Balaban J connectivity index is 1.24. The molecule has 0 saturated heterocycles. The van der Waals surface area contributed by atoms with Gasteiger partial charge in [0.1, 0.15) is 12.2 Å². The SMILES string of the molecule is COC[C@@]1(O)CC[C@H]2[C@@H](CCC3[C@@H]2CC[C@]2(C)[C@H](C(=O)CN=Nc4ccccc4N)CC[C@@H]32)C1. The Hall–Kier alpha value is -1.79. The third-order valence-electron chi connectivity index (χ3n) is 10.2. The minimum Gasteiger partial charge on any atom is -0.397 e. The number of nitrogen functional groups attached to an aromatic ring is 1. The number of benzene rings is 1. The van der Waals surface area contributed by atoms with E-state index in [2.05, 4.69) is 17.2 Å². The van der Waals surface area contributed by atoms with Crippen LogP contribution in [0.5, 0.6) is 0 Å². The fourth-order valence-electron chi connectivity index (χ4n) is 8.76. The molecule has 0 bridgehead atoms. The van der Waals surface area contributed by atoms with Gasteiger partial charge in [0.15, 0.2) is 5.78 Å². The maximum atomic E-state index is 13.3. The predicted molar refractivity (Wildman–Crippen MR) is 133 cm³/mol. The Bertz CT molecular complexity index is 935. The van der Waals surface area contributed by atoms with Gasteiger partial charge in [-0.05, 0) is 105 Å². The normalized spacial score (nSPS) is 41.6. The summed E-state index contributed by atoms with van der Waals surface area (Å²) in [5.74, 6) is 3.85. The maximum Gasteiger partial charge on any atom is 0.159 e. The molecule has 0 heterocycles. The third kappa shape index (κ3) is 4.21. The second-order valence-corrected chi connectivity index (χ2v) is 11.9. The highest BCUT2D eigenvalue weighted by Gasteiger charge is 2.58. The smallest absolute Gasteiger partial charge is 0.159 e. The molecule has 4 saturated carbocycles. The highest BCUT2D eigenvalue weighted by Crippen LogP contribution is 2.64. The molecule has 5 rings (SSSR count). The van der Waals surface area contributed by atoms with Crippen molar-refractivity contribution in [3.05, 3.63) is 24.3 Å². The zero-order valence-electron chi connectivity index (χ0n) is 20.8. The summed E-state index contributed by atoms with van der Waals surface area (Å²) < 4.78 is 5.33. The van der Waals surface area contributed by atoms with Crippen molar-refractivity contribution in [1.29, 1.82) is 0 Å². The predicted octanol–water partition coefficient (Wildman–Crippen LogP) is 5.57. The van der Waals surface area contributed by atoms with Crippen molar-refractivity contribution >= 4 is 17.2 Å². The quantitative estimate of drug-likeness (QED) is 0.422. The first kappa shape index (κ1) is 23.9. The number of rotatable bonds is 6. The molecular formula is C28H41N3O3. The van der Waals surface area contributed by atoms with Crippen molar-refractivity contribution in [2.75, 3.05) is 26.0 Å². The molecule has 186 valence electrons. The lowest BCUT2D eigenvalue weighted by Gasteiger charge is -2.57. The molecule has 4 aliphatic rings. The van der Waals surface area contributed by atoms with E-state index in [1.165, 1.54) is 25.7 Å². The van der Waals surface area contributed by atoms with Crippen molar-refractivity contribution in [1.82, 2.24) is 0 Å². The van der Waals surface area contributed by atoms with Crippen LogP contribution in [0.3, 0.4) is 0 Å². The summed E-state index contributed by atoms with van der Waals surface area (Å²) in [5.41, 5.74) is 6.63. The van der Waals surface area contributed by atoms with Crippen molar-refractivity contribution in [2.24, 2.45) is 51.2 Å². The number of para-hydroxylation sites is 1. The molecule has 0 radical (unpaired) electrons. The average molecular weight is 468 g/mol. The molecule has 1 unspecified atom stereocenters. The van der Waals surface area contributed by atoms with Gasteiger partial charge in [-0.15, -0.1) is 0 Å². The van der Waals surface area contributed by atoms with E-state index in [1.807, 2.05) is 18.2 Å². The summed E-state index contributed by atoms with van der Waals surface area (Å²) >= 11 is 0. The molecule has 4 fully saturated rings. The standard InChI is InChI=1S/C28H41N3O3/c1-27-13-11-20-19-12-14-28(33,17-34-2)15-18(19)7-8-21(20)22(27)9-10-23(27)26(32)16-30-31-25-6-4-3-5-24(25)29/h3-6,18-23,33H,7-17,29H2,1-2H3/t18-,19-,20+,21?,22-,23-,27-,28+/m0/s1. The van der Waals surface area contributed by atoms with Gasteiger partial charge in [0, 0.05) is 13.0 Å². The molecular weight excluding hydrogens is 426 g/mol. The molecule has 6 heteroatoms. The molecule has 0 amide bonds. The number of hydrogen-bond donors (Lipinski definition) is 2. The Morgan fingerprint density at radius 2 is 1.88 bits per heavy atom. The fourth-order valence-corrected chi connectivity index (χ4v) is 8.76. The number of azo groups is 1. The Kier molecular flexibility index (Phi) is 6.58. The first-order valence-electron chi connectivity index (χ1n) is 13.3. The monoisotopic (exact) mass is 467 g/mol. The molecule has 0 aromatic heterocycles. The van der Waals surface area contributed by atoms with Crippen LogP contribution >= 0.6 is 0 Å². The number of carbonyl (C=O) groups excluding carboxylic acids is 1. The number of Topliss-reactive ketones (excluding diaryl/α,β-unsaturated/α-hetero) is 1. The van der Waals surface area contributed by atoms with Gasteiger partial charge in [-0.25, -0.2) is 0 Å². The van der Waals surface area contributed by atoms with Crippen LogP contribution in [0.15, 0.2) is 34.5 Å². The molecule has 4 aliphatic carbocycles. The van der Waals surface area contributed by atoms with Gasteiger partial charge in [-0.1, -0.05) is 19.1 Å². The van der Waals surface area contributed by atoms with Gasteiger partial charge in [0.25, 0.3) is 0 Å². The Morgan fingerprint density at radius 3 is 2.68 bits per heavy atom. The second kappa shape index (κ2) is 9.34. The molecule has 0 aliphatic heterocycles. The van der Waals surface area contributed by atoms with E-state index in [-0.39, 0.29) is 23.7 Å². The van der Waals surface area contributed by atoms with Gasteiger partial charge in [0.2, 0.25) is 0 Å². The minimum atomic E-state index is -0.629. The van der Waals surface area contributed by atoms with Crippen molar-refractivity contribution in [3.8, 4) is 0 Å². The van der Waals surface area contributed by atoms with E-state index < -0.39 is 5.60 Å². The van der Waals surface area contributed by atoms with Gasteiger partial charge in [0.05, 0.1) is 17.9 Å². The largest absolute Gasteiger partial charge is 0.397 e. The van der Waals surface area contributed by atoms with Crippen LogP contribution in [0.25, 0.3) is 0 Å². The van der Waals surface area contributed by atoms with Crippen molar-refractivity contribution < 1.29 is 14.6 Å². The zero-order valence-corrected chi connectivity index (χ0v) is 20.8. The molecule has 1 aromatic carbocycles. The van der Waals surface area contributed by atoms with E-state index in [1.54, 1.807) is 13.2 Å². The topological polar surface area (TPSA) is 97.3 Å². The number of nitrogens with zero attached hydrogens (tertiary/aromatic N) is 2.